The van der Waals surface area contributed by atoms with E-state index in [1.165, 1.54) is 6.07 Å². The summed E-state index contributed by atoms with van der Waals surface area (Å²) >= 11 is 6.32. The quantitative estimate of drug-likeness (QED) is 0.0974. The lowest BCUT2D eigenvalue weighted by atomic mass is 9.84. The summed E-state index contributed by atoms with van der Waals surface area (Å²) in [7, 11) is 0. The standard InChI is InChI=1S/C34H34ClN5O5/c1-20-15-23(35)16-27(30(41)22-9-6-5-7-10-22)31(20)44-14-12-34(3,4)21(2)45-29-18-28-25(17-26(29)32(42)38-39-36)33(43)40-13-8-11-24(40)19-37-28/h5-7,9-10,15-19,21,24H,8,11-14H2,1-4H3. The summed E-state index contributed by atoms with van der Waals surface area (Å²) < 4.78 is 12.6. The summed E-state index contributed by atoms with van der Waals surface area (Å²) in [5.41, 5.74) is 10.8. The summed E-state index contributed by atoms with van der Waals surface area (Å²) in [5.74, 6) is -0.622. The number of fused-ring (bicyclic) bond motifs is 2. The first-order valence-corrected chi connectivity index (χ1v) is 15.2. The van der Waals surface area contributed by atoms with Crippen LogP contribution in [0.15, 0.2) is 64.7 Å². The number of hydrogen-bond acceptors (Lipinski definition) is 6. The molecule has 1 saturated heterocycles. The number of ketones is 1. The Bertz CT molecular complexity index is 1730. The van der Waals surface area contributed by atoms with Gasteiger partial charge < -0.3 is 14.4 Å². The van der Waals surface area contributed by atoms with Gasteiger partial charge in [0.2, 0.25) is 0 Å². The molecule has 2 atom stereocenters. The fourth-order valence-corrected chi connectivity index (χ4v) is 5.80. The maximum atomic E-state index is 13.3. The number of amides is 2. The Morgan fingerprint density at radius 2 is 1.93 bits per heavy atom. The van der Waals surface area contributed by atoms with Crippen molar-refractivity contribution >= 4 is 41.1 Å². The van der Waals surface area contributed by atoms with Gasteiger partial charge in [-0.3, -0.25) is 19.4 Å². The van der Waals surface area contributed by atoms with Gasteiger partial charge in [-0.2, -0.15) is 0 Å². The third kappa shape index (κ3) is 6.72. The Kier molecular flexibility index (Phi) is 9.27. The SMILES string of the molecule is Cc1cc(Cl)cc(C(=O)c2ccccc2)c1OCCC(C)(C)C(C)Oc1cc2c(cc1C(=O)N=[N+]=[N-])C(=O)N1CCCC1C=N2. The average molecular weight is 628 g/mol. The Balaban J connectivity index is 1.36. The van der Waals surface area contributed by atoms with E-state index in [0.29, 0.717) is 40.6 Å². The van der Waals surface area contributed by atoms with Gasteiger partial charge in [-0.05, 0) is 67.5 Å². The molecule has 0 aliphatic carbocycles. The van der Waals surface area contributed by atoms with E-state index in [4.69, 9.17) is 26.6 Å². The first kappa shape index (κ1) is 31.8. The molecule has 3 aromatic carbocycles. The molecule has 0 bridgehead atoms. The molecular formula is C34H34ClN5O5. The Morgan fingerprint density at radius 1 is 1.18 bits per heavy atom. The van der Waals surface area contributed by atoms with Crippen LogP contribution in [0.1, 0.15) is 82.2 Å². The van der Waals surface area contributed by atoms with Crippen LogP contribution in [-0.2, 0) is 0 Å². The van der Waals surface area contributed by atoms with Crippen LogP contribution in [0.25, 0.3) is 10.4 Å². The van der Waals surface area contributed by atoms with Crippen LogP contribution in [-0.4, -0.2) is 54.0 Å². The molecule has 11 heteroatoms. The molecule has 0 N–H and O–H groups in total. The summed E-state index contributed by atoms with van der Waals surface area (Å²) in [6, 6.07) is 15.2. The molecule has 45 heavy (non-hydrogen) atoms. The summed E-state index contributed by atoms with van der Waals surface area (Å²) in [6.45, 7) is 8.59. The van der Waals surface area contributed by atoms with Crippen molar-refractivity contribution in [3.8, 4) is 11.5 Å². The number of carbonyl (C=O) groups excluding carboxylic acids is 3. The first-order valence-electron chi connectivity index (χ1n) is 14.8. The van der Waals surface area contributed by atoms with Gasteiger partial charge in [0.25, 0.3) is 11.8 Å². The third-order valence-corrected chi connectivity index (χ3v) is 8.78. The molecule has 0 spiro atoms. The molecule has 10 nitrogen and oxygen atoms in total. The summed E-state index contributed by atoms with van der Waals surface area (Å²) in [4.78, 5) is 48.4. The molecule has 3 aromatic rings. The number of carbonyl (C=O) groups is 3. The lowest BCUT2D eigenvalue weighted by Crippen LogP contribution is -2.35. The van der Waals surface area contributed by atoms with E-state index < -0.39 is 17.4 Å². The Hall–Kier alpha value is -4.66. The van der Waals surface area contributed by atoms with Crippen molar-refractivity contribution in [1.29, 1.82) is 0 Å². The van der Waals surface area contributed by atoms with Crippen molar-refractivity contribution in [1.82, 2.24) is 4.90 Å². The van der Waals surface area contributed by atoms with Gasteiger partial charge in [0.05, 0.1) is 35.0 Å². The van der Waals surface area contributed by atoms with Crippen LogP contribution in [0.2, 0.25) is 5.02 Å². The minimum atomic E-state index is -0.850. The number of ether oxygens (including phenoxy) is 2. The highest BCUT2D eigenvalue weighted by Gasteiger charge is 2.34. The number of aryl methyl sites for hydroxylation is 1. The van der Waals surface area contributed by atoms with Crippen molar-refractivity contribution in [2.75, 3.05) is 13.2 Å². The maximum Gasteiger partial charge on any atom is 0.256 e. The van der Waals surface area contributed by atoms with Gasteiger partial charge in [-0.1, -0.05) is 55.8 Å². The lowest BCUT2D eigenvalue weighted by molar-refractivity contribution is 0.0665. The topological polar surface area (TPSA) is 134 Å². The third-order valence-electron chi connectivity index (χ3n) is 8.56. The van der Waals surface area contributed by atoms with Crippen LogP contribution < -0.4 is 9.47 Å². The highest BCUT2D eigenvalue weighted by molar-refractivity contribution is 6.31. The zero-order valence-electron chi connectivity index (χ0n) is 25.6. The zero-order chi connectivity index (χ0) is 32.3. The second kappa shape index (κ2) is 13.1. The Labute approximate surface area is 266 Å². The summed E-state index contributed by atoms with van der Waals surface area (Å²) in [5, 5.41) is 3.72. The molecule has 2 aliphatic heterocycles. The van der Waals surface area contributed by atoms with Gasteiger partial charge in [0.15, 0.2) is 5.78 Å². The molecule has 2 unspecified atom stereocenters. The normalized spacial score (nSPS) is 16.2. The largest absolute Gasteiger partial charge is 0.493 e. The van der Waals surface area contributed by atoms with Crippen LogP contribution in [0.4, 0.5) is 5.69 Å². The number of azide groups is 1. The highest BCUT2D eigenvalue weighted by atomic mass is 35.5. The first-order chi connectivity index (χ1) is 21.5. The molecule has 2 heterocycles. The molecule has 232 valence electrons. The average Bonchev–Trinajstić information content (AvgIpc) is 3.44. The van der Waals surface area contributed by atoms with Crippen LogP contribution >= 0.6 is 11.6 Å². The fraction of sp³-hybridized carbons (Fsp3) is 0.353. The van der Waals surface area contributed by atoms with E-state index in [1.54, 1.807) is 53.6 Å². The molecule has 5 rings (SSSR count). The van der Waals surface area contributed by atoms with E-state index in [9.17, 15) is 14.4 Å². The predicted octanol–water partition coefficient (Wildman–Crippen LogP) is 7.91. The van der Waals surface area contributed by atoms with E-state index >= 15 is 0 Å². The number of rotatable bonds is 10. The molecule has 0 aromatic heterocycles. The molecule has 2 aliphatic rings. The van der Waals surface area contributed by atoms with Gasteiger partial charge >= 0.3 is 0 Å². The maximum absolute atomic E-state index is 13.3. The second-order valence-corrected chi connectivity index (χ2v) is 12.4. The van der Waals surface area contributed by atoms with Gasteiger partial charge in [-0.15, -0.1) is 0 Å². The van der Waals surface area contributed by atoms with Crippen molar-refractivity contribution < 1.29 is 23.9 Å². The van der Waals surface area contributed by atoms with Crippen LogP contribution in [0.3, 0.4) is 0 Å². The molecule has 1 fully saturated rings. The number of hydrogen-bond donors (Lipinski definition) is 0. The van der Waals surface area contributed by atoms with Gasteiger partial charge in [0.1, 0.15) is 17.6 Å². The summed E-state index contributed by atoms with van der Waals surface area (Å²) in [6.07, 6.45) is 3.52. The van der Waals surface area contributed by atoms with Gasteiger partial charge in [-0.25, -0.2) is 0 Å². The van der Waals surface area contributed by atoms with E-state index in [1.807, 2.05) is 33.8 Å². The predicted molar refractivity (Wildman–Crippen MR) is 172 cm³/mol. The van der Waals surface area contributed by atoms with Crippen molar-refractivity contribution in [2.45, 2.75) is 59.1 Å². The molecule has 0 radical (unpaired) electrons. The molecular weight excluding hydrogens is 594 g/mol. The minimum Gasteiger partial charge on any atom is -0.493 e. The Morgan fingerprint density at radius 3 is 2.67 bits per heavy atom. The second-order valence-electron chi connectivity index (χ2n) is 12.0. The van der Waals surface area contributed by atoms with E-state index in [0.717, 1.165) is 18.4 Å². The number of aliphatic imine (C=N–C) groups is 1. The van der Waals surface area contributed by atoms with E-state index in [-0.39, 0.29) is 41.2 Å². The number of benzene rings is 3. The number of halogens is 1. The van der Waals surface area contributed by atoms with Crippen LogP contribution in [0, 0.1) is 12.3 Å². The smallest absolute Gasteiger partial charge is 0.256 e. The fourth-order valence-electron chi connectivity index (χ4n) is 5.53. The molecule has 0 saturated carbocycles. The van der Waals surface area contributed by atoms with E-state index in [2.05, 4.69) is 15.0 Å². The number of nitrogens with zero attached hydrogens (tertiary/aromatic N) is 5. The van der Waals surface area contributed by atoms with Crippen molar-refractivity contribution in [3.63, 3.8) is 0 Å². The zero-order valence-corrected chi connectivity index (χ0v) is 26.4. The lowest BCUT2D eigenvalue weighted by Gasteiger charge is -2.33. The monoisotopic (exact) mass is 627 g/mol. The highest BCUT2D eigenvalue weighted by Crippen LogP contribution is 2.38. The molecule has 2 amide bonds. The van der Waals surface area contributed by atoms with Gasteiger partial charge in [0, 0.05) is 39.7 Å². The van der Waals surface area contributed by atoms with Crippen molar-refractivity contribution in [3.05, 3.63) is 97.9 Å². The van der Waals surface area contributed by atoms with Crippen LogP contribution in [0.5, 0.6) is 11.5 Å². The minimum absolute atomic E-state index is 0.00694. The van der Waals surface area contributed by atoms with Crippen molar-refractivity contribution in [2.24, 2.45) is 15.5 Å².